The summed E-state index contributed by atoms with van der Waals surface area (Å²) in [5.41, 5.74) is 1.91. The van der Waals surface area contributed by atoms with Crippen LogP contribution in [0, 0.1) is 6.92 Å². The van der Waals surface area contributed by atoms with Crippen LogP contribution in [0.15, 0.2) is 47.3 Å². The van der Waals surface area contributed by atoms with E-state index in [-0.39, 0.29) is 24.3 Å². The first kappa shape index (κ1) is 18.3. The summed E-state index contributed by atoms with van der Waals surface area (Å²) in [4.78, 5) is 43.3. The smallest absolute Gasteiger partial charge is 0.339 e. The largest absolute Gasteiger partial charge is 0.465 e. The second kappa shape index (κ2) is 7.82. The Kier molecular flexibility index (Phi) is 5.30. The maximum absolute atomic E-state index is 12.3. The SMILES string of the molecule is COC(=O)c1cc(C)ccc1NC(=O)CCc1nc2ccccc2c(=O)[nH]1. The first-order chi connectivity index (χ1) is 13.0. The van der Waals surface area contributed by atoms with Gasteiger partial charge in [0, 0.05) is 12.8 Å². The fraction of sp³-hybridized carbons (Fsp3) is 0.200. The summed E-state index contributed by atoms with van der Waals surface area (Å²) in [5.74, 6) is -0.375. The van der Waals surface area contributed by atoms with Crippen molar-refractivity contribution in [2.24, 2.45) is 0 Å². The number of benzene rings is 2. The molecule has 0 unspecified atom stereocenters. The lowest BCUT2D eigenvalue weighted by Crippen LogP contribution is -2.18. The fourth-order valence-electron chi connectivity index (χ4n) is 2.74. The van der Waals surface area contributed by atoms with Gasteiger partial charge in [-0.05, 0) is 31.2 Å². The van der Waals surface area contributed by atoms with Gasteiger partial charge in [0.2, 0.25) is 5.91 Å². The van der Waals surface area contributed by atoms with Crippen molar-refractivity contribution in [3.05, 3.63) is 69.8 Å². The van der Waals surface area contributed by atoms with Gasteiger partial charge in [-0.3, -0.25) is 9.59 Å². The van der Waals surface area contributed by atoms with Crippen LogP contribution in [0.1, 0.15) is 28.2 Å². The molecule has 0 fully saturated rings. The van der Waals surface area contributed by atoms with Crippen molar-refractivity contribution in [2.45, 2.75) is 19.8 Å². The summed E-state index contributed by atoms with van der Waals surface area (Å²) in [6.45, 7) is 1.85. The van der Waals surface area contributed by atoms with Crippen LogP contribution in [0.4, 0.5) is 5.69 Å². The molecule has 0 aliphatic rings. The number of fused-ring (bicyclic) bond motifs is 1. The molecular formula is C20H19N3O4. The highest BCUT2D eigenvalue weighted by atomic mass is 16.5. The lowest BCUT2D eigenvalue weighted by atomic mass is 10.1. The molecule has 138 valence electrons. The number of aromatic nitrogens is 2. The summed E-state index contributed by atoms with van der Waals surface area (Å²) < 4.78 is 4.76. The Morgan fingerprint density at radius 3 is 2.74 bits per heavy atom. The molecule has 1 aromatic heterocycles. The van der Waals surface area contributed by atoms with Crippen LogP contribution in [0.3, 0.4) is 0 Å². The predicted octanol–water partition coefficient (Wildman–Crippen LogP) is 2.59. The summed E-state index contributed by atoms with van der Waals surface area (Å²) in [6.07, 6.45) is 0.376. The normalized spacial score (nSPS) is 10.6. The van der Waals surface area contributed by atoms with E-state index in [0.29, 0.717) is 28.0 Å². The first-order valence-corrected chi connectivity index (χ1v) is 8.44. The molecule has 7 heteroatoms. The second-order valence-corrected chi connectivity index (χ2v) is 6.12. The van der Waals surface area contributed by atoms with Crippen molar-refractivity contribution in [3.8, 4) is 0 Å². The number of hydrogen-bond donors (Lipinski definition) is 2. The number of H-pyrrole nitrogens is 1. The molecule has 0 radical (unpaired) electrons. The Morgan fingerprint density at radius 1 is 1.19 bits per heavy atom. The molecule has 0 saturated carbocycles. The molecule has 0 spiro atoms. The van der Waals surface area contributed by atoms with E-state index in [2.05, 4.69) is 15.3 Å². The Morgan fingerprint density at radius 2 is 1.96 bits per heavy atom. The number of aromatic amines is 1. The number of nitrogens with one attached hydrogen (secondary N) is 2. The Balaban J connectivity index is 1.72. The van der Waals surface area contributed by atoms with Gasteiger partial charge in [0.25, 0.3) is 5.56 Å². The molecule has 3 aromatic rings. The number of rotatable bonds is 5. The van der Waals surface area contributed by atoms with E-state index in [1.54, 1.807) is 42.5 Å². The summed E-state index contributed by atoms with van der Waals surface area (Å²) in [6, 6.07) is 12.1. The summed E-state index contributed by atoms with van der Waals surface area (Å²) in [5, 5.41) is 3.22. The van der Waals surface area contributed by atoms with E-state index in [0.717, 1.165) is 5.56 Å². The van der Waals surface area contributed by atoms with Crippen LogP contribution < -0.4 is 10.9 Å². The number of esters is 1. The highest BCUT2D eigenvalue weighted by Crippen LogP contribution is 2.19. The number of anilines is 1. The number of hydrogen-bond acceptors (Lipinski definition) is 5. The quantitative estimate of drug-likeness (QED) is 0.677. The highest BCUT2D eigenvalue weighted by molar-refractivity contribution is 6.01. The molecule has 0 atom stereocenters. The Bertz CT molecular complexity index is 1070. The topological polar surface area (TPSA) is 101 Å². The Labute approximate surface area is 155 Å². The van der Waals surface area contributed by atoms with Gasteiger partial charge in [-0.25, -0.2) is 9.78 Å². The molecule has 3 rings (SSSR count). The van der Waals surface area contributed by atoms with E-state index in [9.17, 15) is 14.4 Å². The average molecular weight is 365 g/mol. The standard InChI is InChI=1S/C20H19N3O4/c1-12-7-8-16(14(11-12)20(26)27-2)22-18(24)10-9-17-21-15-6-4-3-5-13(15)19(25)23-17/h3-8,11H,9-10H2,1-2H3,(H,22,24)(H,21,23,25). The molecule has 1 heterocycles. The van der Waals surface area contributed by atoms with E-state index < -0.39 is 5.97 Å². The predicted molar refractivity (Wildman–Crippen MR) is 102 cm³/mol. The zero-order valence-electron chi connectivity index (χ0n) is 15.0. The minimum atomic E-state index is -0.519. The minimum Gasteiger partial charge on any atom is -0.465 e. The van der Waals surface area contributed by atoms with Crippen LogP contribution in [-0.2, 0) is 16.0 Å². The average Bonchev–Trinajstić information content (AvgIpc) is 2.67. The lowest BCUT2D eigenvalue weighted by Gasteiger charge is -2.10. The Hall–Kier alpha value is -3.48. The molecule has 27 heavy (non-hydrogen) atoms. The van der Waals surface area contributed by atoms with Crippen molar-refractivity contribution in [3.63, 3.8) is 0 Å². The number of nitrogens with zero attached hydrogens (tertiary/aromatic N) is 1. The summed E-state index contributed by atoms with van der Waals surface area (Å²) in [7, 11) is 1.29. The molecule has 2 aromatic carbocycles. The lowest BCUT2D eigenvalue weighted by molar-refractivity contribution is -0.116. The molecule has 0 aliphatic carbocycles. The molecular weight excluding hydrogens is 346 g/mol. The van der Waals surface area contributed by atoms with Gasteiger partial charge >= 0.3 is 5.97 Å². The van der Waals surface area contributed by atoms with Gasteiger partial charge in [0.1, 0.15) is 5.82 Å². The summed E-state index contributed by atoms with van der Waals surface area (Å²) >= 11 is 0. The van der Waals surface area contributed by atoms with Crippen LogP contribution in [-0.4, -0.2) is 29.0 Å². The van der Waals surface area contributed by atoms with Crippen LogP contribution >= 0.6 is 0 Å². The number of amides is 1. The number of para-hydroxylation sites is 1. The highest BCUT2D eigenvalue weighted by Gasteiger charge is 2.14. The van der Waals surface area contributed by atoms with Crippen molar-refractivity contribution in [1.82, 2.24) is 9.97 Å². The maximum atomic E-state index is 12.3. The monoisotopic (exact) mass is 365 g/mol. The molecule has 0 aliphatic heterocycles. The molecule has 1 amide bonds. The van der Waals surface area contributed by atoms with Gasteiger partial charge < -0.3 is 15.0 Å². The molecule has 7 nitrogen and oxygen atoms in total. The van der Waals surface area contributed by atoms with Gasteiger partial charge in [0.15, 0.2) is 0 Å². The van der Waals surface area contributed by atoms with Crippen molar-refractivity contribution >= 4 is 28.5 Å². The van der Waals surface area contributed by atoms with Gasteiger partial charge in [-0.2, -0.15) is 0 Å². The third kappa shape index (κ3) is 4.20. The minimum absolute atomic E-state index is 0.107. The zero-order valence-corrected chi connectivity index (χ0v) is 15.0. The molecule has 2 N–H and O–H groups in total. The fourth-order valence-corrected chi connectivity index (χ4v) is 2.74. The van der Waals surface area contributed by atoms with Crippen LogP contribution in [0.2, 0.25) is 0 Å². The maximum Gasteiger partial charge on any atom is 0.339 e. The first-order valence-electron chi connectivity index (χ1n) is 8.44. The number of aryl methyl sites for hydroxylation is 2. The van der Waals surface area contributed by atoms with E-state index in [1.807, 2.05) is 6.92 Å². The van der Waals surface area contributed by atoms with Crippen LogP contribution in [0.5, 0.6) is 0 Å². The van der Waals surface area contributed by atoms with Crippen molar-refractivity contribution in [1.29, 1.82) is 0 Å². The molecule has 0 saturated heterocycles. The number of ether oxygens (including phenoxy) is 1. The van der Waals surface area contributed by atoms with Gasteiger partial charge in [0.05, 0.1) is 29.3 Å². The van der Waals surface area contributed by atoms with Crippen molar-refractivity contribution in [2.75, 3.05) is 12.4 Å². The number of carbonyl (C=O) groups is 2. The van der Waals surface area contributed by atoms with Gasteiger partial charge in [-0.15, -0.1) is 0 Å². The third-order valence-electron chi connectivity index (χ3n) is 4.11. The van der Waals surface area contributed by atoms with E-state index in [1.165, 1.54) is 7.11 Å². The number of carbonyl (C=O) groups excluding carboxylic acids is 2. The molecule has 0 bridgehead atoms. The van der Waals surface area contributed by atoms with Gasteiger partial charge in [-0.1, -0.05) is 23.8 Å². The second-order valence-electron chi connectivity index (χ2n) is 6.12. The van der Waals surface area contributed by atoms with Crippen molar-refractivity contribution < 1.29 is 14.3 Å². The van der Waals surface area contributed by atoms with E-state index in [4.69, 9.17) is 4.74 Å². The van der Waals surface area contributed by atoms with Crippen LogP contribution in [0.25, 0.3) is 10.9 Å². The van der Waals surface area contributed by atoms with E-state index >= 15 is 0 Å². The third-order valence-corrected chi connectivity index (χ3v) is 4.11. The number of methoxy groups -OCH3 is 1. The zero-order chi connectivity index (χ0) is 19.4.